The number of hydrogen-bond donors (Lipinski definition) is 3. The summed E-state index contributed by atoms with van der Waals surface area (Å²) in [4.78, 5) is 12.7. The number of para-hydroxylation sites is 1. The number of urea groups is 1. The SMILES string of the molecule is O=C(Nc1ccccc1)Nc1cc(S(=O)(=O)NC2CC2)ccc1-c1ccccc1. The molecule has 3 N–H and O–H groups in total. The number of hydrogen-bond acceptors (Lipinski definition) is 3. The molecule has 148 valence electrons. The molecule has 29 heavy (non-hydrogen) atoms. The van der Waals surface area contributed by atoms with E-state index in [9.17, 15) is 13.2 Å². The van der Waals surface area contributed by atoms with Crippen molar-refractivity contribution in [3.8, 4) is 11.1 Å². The molecule has 2 amide bonds. The average molecular weight is 407 g/mol. The van der Waals surface area contributed by atoms with Crippen LogP contribution in [0.4, 0.5) is 16.2 Å². The molecule has 1 aliphatic rings. The van der Waals surface area contributed by atoms with Gasteiger partial charge in [0.05, 0.1) is 10.6 Å². The summed E-state index contributed by atoms with van der Waals surface area (Å²) in [6, 6.07) is 22.9. The van der Waals surface area contributed by atoms with Crippen LogP contribution in [0.15, 0.2) is 83.8 Å². The highest BCUT2D eigenvalue weighted by Gasteiger charge is 2.28. The summed E-state index contributed by atoms with van der Waals surface area (Å²) in [7, 11) is -3.63. The van der Waals surface area contributed by atoms with Crippen molar-refractivity contribution in [2.75, 3.05) is 10.6 Å². The van der Waals surface area contributed by atoms with Gasteiger partial charge in [0, 0.05) is 17.3 Å². The molecular weight excluding hydrogens is 386 g/mol. The van der Waals surface area contributed by atoms with Crippen LogP contribution in [-0.2, 0) is 10.0 Å². The van der Waals surface area contributed by atoms with Gasteiger partial charge in [0.1, 0.15) is 0 Å². The van der Waals surface area contributed by atoms with E-state index in [2.05, 4.69) is 15.4 Å². The zero-order valence-electron chi connectivity index (χ0n) is 15.6. The Morgan fingerprint density at radius 1 is 0.828 bits per heavy atom. The van der Waals surface area contributed by atoms with E-state index in [0.29, 0.717) is 11.4 Å². The third kappa shape index (κ3) is 4.82. The topological polar surface area (TPSA) is 87.3 Å². The summed E-state index contributed by atoms with van der Waals surface area (Å²) in [6.45, 7) is 0. The van der Waals surface area contributed by atoms with Crippen molar-refractivity contribution in [3.63, 3.8) is 0 Å². The summed E-state index contributed by atoms with van der Waals surface area (Å²) in [5.41, 5.74) is 2.68. The van der Waals surface area contributed by atoms with Gasteiger partial charge in [0.2, 0.25) is 10.0 Å². The van der Waals surface area contributed by atoms with Crippen LogP contribution in [0.25, 0.3) is 11.1 Å². The van der Waals surface area contributed by atoms with Crippen LogP contribution >= 0.6 is 0 Å². The van der Waals surface area contributed by atoms with E-state index in [-0.39, 0.29) is 10.9 Å². The van der Waals surface area contributed by atoms with Gasteiger partial charge in [-0.05, 0) is 42.7 Å². The van der Waals surface area contributed by atoms with Gasteiger partial charge in [-0.3, -0.25) is 0 Å². The van der Waals surface area contributed by atoms with E-state index < -0.39 is 16.1 Å². The molecule has 6 nitrogen and oxygen atoms in total. The maximum atomic E-state index is 12.6. The van der Waals surface area contributed by atoms with Crippen LogP contribution in [0.3, 0.4) is 0 Å². The van der Waals surface area contributed by atoms with Crippen LogP contribution in [0.1, 0.15) is 12.8 Å². The highest BCUT2D eigenvalue weighted by Crippen LogP contribution is 2.31. The molecule has 0 radical (unpaired) electrons. The minimum Gasteiger partial charge on any atom is -0.308 e. The second kappa shape index (κ2) is 8.06. The van der Waals surface area contributed by atoms with Crippen molar-refractivity contribution >= 4 is 27.4 Å². The molecule has 0 aromatic heterocycles. The standard InChI is InChI=1S/C22H21N3O3S/c26-22(23-17-9-5-2-6-10-17)24-21-15-19(29(27,28)25-18-11-12-18)13-14-20(21)16-7-3-1-4-8-16/h1-10,13-15,18,25H,11-12H2,(H2,23,24,26). The molecule has 0 saturated heterocycles. The van der Waals surface area contributed by atoms with Crippen LogP contribution in [-0.4, -0.2) is 20.5 Å². The van der Waals surface area contributed by atoms with E-state index in [1.165, 1.54) is 6.07 Å². The highest BCUT2D eigenvalue weighted by atomic mass is 32.2. The van der Waals surface area contributed by atoms with Gasteiger partial charge in [-0.25, -0.2) is 17.9 Å². The van der Waals surface area contributed by atoms with E-state index in [0.717, 1.165) is 24.0 Å². The van der Waals surface area contributed by atoms with Gasteiger partial charge in [-0.15, -0.1) is 0 Å². The lowest BCUT2D eigenvalue weighted by atomic mass is 10.0. The number of amides is 2. The van der Waals surface area contributed by atoms with Gasteiger partial charge < -0.3 is 10.6 Å². The lowest BCUT2D eigenvalue weighted by Gasteiger charge is -2.15. The zero-order valence-corrected chi connectivity index (χ0v) is 16.4. The predicted octanol–water partition coefficient (Wildman–Crippen LogP) is 4.44. The number of nitrogens with one attached hydrogen (secondary N) is 3. The van der Waals surface area contributed by atoms with Crippen LogP contribution in [0.2, 0.25) is 0 Å². The molecule has 1 saturated carbocycles. The summed E-state index contributed by atoms with van der Waals surface area (Å²) in [5.74, 6) is 0. The third-order valence-electron chi connectivity index (χ3n) is 4.57. The normalized spacial score (nSPS) is 13.7. The molecular formula is C22H21N3O3S. The van der Waals surface area contributed by atoms with E-state index in [4.69, 9.17) is 0 Å². The predicted molar refractivity (Wildman–Crippen MR) is 114 cm³/mol. The second-order valence-electron chi connectivity index (χ2n) is 6.91. The van der Waals surface area contributed by atoms with Crippen molar-refractivity contribution in [1.29, 1.82) is 0 Å². The summed E-state index contributed by atoms with van der Waals surface area (Å²) in [5, 5.41) is 5.55. The molecule has 1 aliphatic carbocycles. The summed E-state index contributed by atoms with van der Waals surface area (Å²) >= 11 is 0. The van der Waals surface area contributed by atoms with E-state index >= 15 is 0 Å². The molecule has 3 aromatic rings. The number of sulfonamides is 1. The first-order chi connectivity index (χ1) is 14.0. The molecule has 1 fully saturated rings. The fourth-order valence-electron chi connectivity index (χ4n) is 2.96. The lowest BCUT2D eigenvalue weighted by molar-refractivity contribution is 0.262. The van der Waals surface area contributed by atoms with Crippen LogP contribution in [0.5, 0.6) is 0 Å². The average Bonchev–Trinajstić information content (AvgIpc) is 3.52. The van der Waals surface area contributed by atoms with Gasteiger partial charge in [0.25, 0.3) is 0 Å². The van der Waals surface area contributed by atoms with Crippen LogP contribution < -0.4 is 15.4 Å². The van der Waals surface area contributed by atoms with Crippen LogP contribution in [0, 0.1) is 0 Å². The van der Waals surface area contributed by atoms with Gasteiger partial charge in [0.15, 0.2) is 0 Å². The molecule has 0 bridgehead atoms. The number of carbonyl (C=O) groups excluding carboxylic acids is 1. The first-order valence-corrected chi connectivity index (χ1v) is 10.8. The lowest BCUT2D eigenvalue weighted by Crippen LogP contribution is -2.26. The first-order valence-electron chi connectivity index (χ1n) is 9.36. The molecule has 7 heteroatoms. The Labute approximate surface area is 170 Å². The minimum absolute atomic E-state index is 0.00610. The zero-order chi connectivity index (χ0) is 20.3. The monoisotopic (exact) mass is 407 g/mol. The van der Waals surface area contributed by atoms with Crippen molar-refractivity contribution < 1.29 is 13.2 Å². The summed E-state index contributed by atoms with van der Waals surface area (Å²) < 4.78 is 27.9. The maximum Gasteiger partial charge on any atom is 0.323 e. The quantitative estimate of drug-likeness (QED) is 0.565. The van der Waals surface area contributed by atoms with Crippen molar-refractivity contribution in [3.05, 3.63) is 78.9 Å². The number of benzene rings is 3. The second-order valence-corrected chi connectivity index (χ2v) is 8.63. The molecule has 0 heterocycles. The Morgan fingerprint density at radius 3 is 2.14 bits per heavy atom. The highest BCUT2D eigenvalue weighted by molar-refractivity contribution is 7.89. The Bertz CT molecular complexity index is 1110. The van der Waals surface area contributed by atoms with Gasteiger partial charge in [-0.1, -0.05) is 54.6 Å². The smallest absolute Gasteiger partial charge is 0.308 e. The molecule has 0 aliphatic heterocycles. The number of rotatable bonds is 6. The molecule has 0 spiro atoms. The first kappa shape index (κ1) is 19.2. The van der Waals surface area contributed by atoms with Crippen molar-refractivity contribution in [2.24, 2.45) is 0 Å². The Hall–Kier alpha value is -3.16. The summed E-state index contributed by atoms with van der Waals surface area (Å²) in [6.07, 6.45) is 1.71. The van der Waals surface area contributed by atoms with E-state index in [1.807, 2.05) is 48.5 Å². The Morgan fingerprint density at radius 2 is 1.48 bits per heavy atom. The molecule has 4 rings (SSSR count). The minimum atomic E-state index is -3.63. The van der Waals surface area contributed by atoms with Crippen molar-refractivity contribution in [1.82, 2.24) is 4.72 Å². The molecule has 0 unspecified atom stereocenters. The maximum absolute atomic E-state index is 12.6. The third-order valence-corrected chi connectivity index (χ3v) is 6.08. The van der Waals surface area contributed by atoms with Crippen molar-refractivity contribution in [2.45, 2.75) is 23.8 Å². The van der Waals surface area contributed by atoms with Gasteiger partial charge in [-0.2, -0.15) is 0 Å². The van der Waals surface area contributed by atoms with Gasteiger partial charge >= 0.3 is 6.03 Å². The number of anilines is 2. The largest absolute Gasteiger partial charge is 0.323 e. The Kier molecular flexibility index (Phi) is 5.33. The number of carbonyl (C=O) groups is 1. The Balaban J connectivity index is 1.66. The molecule has 3 aromatic carbocycles. The fourth-order valence-corrected chi connectivity index (χ4v) is 4.29. The molecule has 0 atom stereocenters. The fraction of sp³-hybridized carbons (Fsp3) is 0.136. The van der Waals surface area contributed by atoms with E-state index in [1.54, 1.807) is 24.3 Å².